The molecule has 0 bridgehead atoms. The number of ether oxygens (including phenoxy) is 2. The second kappa shape index (κ2) is 6.30. The van der Waals surface area contributed by atoms with Crippen LogP contribution in [0.2, 0.25) is 0 Å². The standard InChI is InChI=1S/C11H15N3O5/c12-10(15)5-18-8-1-2-17-4-7(8)14-11(16)9-3-13-6-19-9/h3,6-8H,1-2,4-5H2,(H2,12,15)(H,14,16)/t7-,8+/m1/s1. The van der Waals surface area contributed by atoms with Gasteiger partial charge in [-0.05, 0) is 6.42 Å². The fourth-order valence-corrected chi connectivity index (χ4v) is 1.81. The summed E-state index contributed by atoms with van der Waals surface area (Å²) < 4.78 is 15.5. The van der Waals surface area contributed by atoms with Gasteiger partial charge in [0, 0.05) is 6.61 Å². The predicted octanol–water partition coefficient (Wildman–Crippen LogP) is -0.936. The molecule has 0 aromatic carbocycles. The fourth-order valence-electron chi connectivity index (χ4n) is 1.81. The quantitative estimate of drug-likeness (QED) is 0.712. The number of nitrogens with one attached hydrogen (secondary N) is 1. The van der Waals surface area contributed by atoms with Gasteiger partial charge in [-0.2, -0.15) is 0 Å². The lowest BCUT2D eigenvalue weighted by Crippen LogP contribution is -2.51. The maximum absolute atomic E-state index is 11.8. The van der Waals surface area contributed by atoms with Gasteiger partial charge in [-0.25, -0.2) is 4.98 Å². The SMILES string of the molecule is NC(=O)CO[C@H]1CCOC[C@H]1NC(=O)c1cnco1. The van der Waals surface area contributed by atoms with Gasteiger partial charge in [0.1, 0.15) is 6.61 Å². The Morgan fingerprint density at radius 1 is 1.58 bits per heavy atom. The molecule has 104 valence electrons. The highest BCUT2D eigenvalue weighted by molar-refractivity contribution is 5.91. The number of nitrogens with zero attached hydrogens (tertiary/aromatic N) is 1. The van der Waals surface area contributed by atoms with E-state index >= 15 is 0 Å². The van der Waals surface area contributed by atoms with E-state index in [1.165, 1.54) is 12.6 Å². The lowest BCUT2D eigenvalue weighted by molar-refractivity contribution is -0.128. The van der Waals surface area contributed by atoms with Gasteiger partial charge >= 0.3 is 0 Å². The van der Waals surface area contributed by atoms with E-state index in [1.807, 2.05) is 0 Å². The van der Waals surface area contributed by atoms with E-state index in [2.05, 4.69) is 10.3 Å². The summed E-state index contributed by atoms with van der Waals surface area (Å²) in [5, 5.41) is 2.72. The number of hydrogen-bond donors (Lipinski definition) is 2. The van der Waals surface area contributed by atoms with Crippen molar-refractivity contribution in [3.8, 4) is 0 Å². The Balaban J connectivity index is 1.91. The number of primary amides is 1. The Kier molecular flexibility index (Phi) is 4.48. The van der Waals surface area contributed by atoms with Crippen molar-refractivity contribution in [3.63, 3.8) is 0 Å². The number of carbonyl (C=O) groups excluding carboxylic acids is 2. The minimum atomic E-state index is -0.549. The van der Waals surface area contributed by atoms with Crippen molar-refractivity contribution in [2.45, 2.75) is 18.6 Å². The topological polar surface area (TPSA) is 117 Å². The highest BCUT2D eigenvalue weighted by Crippen LogP contribution is 2.12. The first kappa shape index (κ1) is 13.5. The van der Waals surface area contributed by atoms with Crippen molar-refractivity contribution in [1.29, 1.82) is 0 Å². The Morgan fingerprint density at radius 2 is 2.42 bits per heavy atom. The van der Waals surface area contributed by atoms with Gasteiger partial charge in [-0.15, -0.1) is 0 Å². The molecule has 1 aromatic heterocycles. The number of carbonyl (C=O) groups is 2. The summed E-state index contributed by atoms with van der Waals surface area (Å²) in [6.45, 7) is 0.640. The molecule has 19 heavy (non-hydrogen) atoms. The lowest BCUT2D eigenvalue weighted by atomic mass is 10.1. The summed E-state index contributed by atoms with van der Waals surface area (Å²) in [6, 6.07) is -0.356. The van der Waals surface area contributed by atoms with E-state index in [0.717, 1.165) is 0 Å². The van der Waals surface area contributed by atoms with Crippen molar-refractivity contribution in [2.24, 2.45) is 5.73 Å². The van der Waals surface area contributed by atoms with Crippen LogP contribution in [-0.2, 0) is 14.3 Å². The Bertz CT molecular complexity index is 434. The molecule has 1 fully saturated rings. The fraction of sp³-hybridized carbons (Fsp3) is 0.545. The average Bonchev–Trinajstić information content (AvgIpc) is 2.91. The van der Waals surface area contributed by atoms with Crippen LogP contribution in [0, 0.1) is 0 Å². The minimum Gasteiger partial charge on any atom is -0.438 e. The summed E-state index contributed by atoms with van der Waals surface area (Å²) in [5.74, 6) is -0.841. The lowest BCUT2D eigenvalue weighted by Gasteiger charge is -2.31. The molecule has 0 spiro atoms. The summed E-state index contributed by atoms with van der Waals surface area (Å²) in [6.07, 6.45) is 2.76. The zero-order valence-corrected chi connectivity index (χ0v) is 10.2. The third-order valence-electron chi connectivity index (χ3n) is 2.71. The first-order valence-corrected chi connectivity index (χ1v) is 5.84. The second-order valence-corrected chi connectivity index (χ2v) is 4.12. The van der Waals surface area contributed by atoms with Crippen LogP contribution in [0.15, 0.2) is 17.0 Å². The molecule has 3 N–H and O–H groups in total. The molecule has 2 heterocycles. The molecular formula is C11H15N3O5. The highest BCUT2D eigenvalue weighted by atomic mass is 16.5. The molecule has 2 atom stereocenters. The number of hydrogen-bond acceptors (Lipinski definition) is 6. The van der Waals surface area contributed by atoms with E-state index in [0.29, 0.717) is 19.6 Å². The van der Waals surface area contributed by atoms with Crippen LogP contribution in [0.5, 0.6) is 0 Å². The van der Waals surface area contributed by atoms with Gasteiger partial charge < -0.3 is 24.9 Å². The molecule has 2 rings (SSSR count). The molecule has 1 aromatic rings. The molecular weight excluding hydrogens is 254 g/mol. The minimum absolute atomic E-state index is 0.110. The molecule has 0 unspecified atom stereocenters. The first-order chi connectivity index (χ1) is 9.16. The maximum Gasteiger partial charge on any atom is 0.289 e. The van der Waals surface area contributed by atoms with Gasteiger partial charge in [0.25, 0.3) is 5.91 Å². The van der Waals surface area contributed by atoms with Gasteiger partial charge in [-0.3, -0.25) is 9.59 Å². The van der Waals surface area contributed by atoms with Crippen LogP contribution >= 0.6 is 0 Å². The Labute approximate surface area is 109 Å². The van der Waals surface area contributed by atoms with Crippen LogP contribution in [0.25, 0.3) is 0 Å². The van der Waals surface area contributed by atoms with Crippen molar-refractivity contribution < 1.29 is 23.5 Å². The van der Waals surface area contributed by atoms with Crippen molar-refractivity contribution >= 4 is 11.8 Å². The van der Waals surface area contributed by atoms with Gasteiger partial charge in [-0.1, -0.05) is 0 Å². The summed E-state index contributed by atoms with van der Waals surface area (Å²) in [5.41, 5.74) is 5.03. The normalized spacial score (nSPS) is 22.9. The van der Waals surface area contributed by atoms with E-state index in [1.54, 1.807) is 0 Å². The molecule has 0 radical (unpaired) electrons. The van der Waals surface area contributed by atoms with Crippen LogP contribution in [-0.4, -0.2) is 48.8 Å². The molecule has 8 nitrogen and oxygen atoms in total. The molecule has 1 aliphatic heterocycles. The van der Waals surface area contributed by atoms with Crippen LogP contribution in [0.1, 0.15) is 17.0 Å². The Hall–Kier alpha value is -1.93. The highest BCUT2D eigenvalue weighted by Gasteiger charge is 2.29. The third-order valence-corrected chi connectivity index (χ3v) is 2.71. The second-order valence-electron chi connectivity index (χ2n) is 4.12. The van der Waals surface area contributed by atoms with Crippen molar-refractivity contribution in [2.75, 3.05) is 19.8 Å². The van der Waals surface area contributed by atoms with Crippen LogP contribution < -0.4 is 11.1 Å². The summed E-state index contributed by atoms with van der Waals surface area (Å²) in [7, 11) is 0. The Morgan fingerprint density at radius 3 is 3.11 bits per heavy atom. The van der Waals surface area contributed by atoms with E-state index in [4.69, 9.17) is 19.6 Å². The molecule has 2 amide bonds. The molecule has 8 heteroatoms. The maximum atomic E-state index is 11.8. The summed E-state index contributed by atoms with van der Waals surface area (Å²) in [4.78, 5) is 26.2. The number of oxazole rings is 1. The molecule has 1 saturated heterocycles. The number of amides is 2. The van der Waals surface area contributed by atoms with Gasteiger partial charge in [0.15, 0.2) is 6.39 Å². The zero-order chi connectivity index (χ0) is 13.7. The molecule has 0 saturated carbocycles. The predicted molar refractivity (Wildman–Crippen MR) is 62.1 cm³/mol. The summed E-state index contributed by atoms with van der Waals surface area (Å²) >= 11 is 0. The van der Waals surface area contributed by atoms with E-state index < -0.39 is 11.8 Å². The number of aromatic nitrogens is 1. The number of rotatable bonds is 5. The van der Waals surface area contributed by atoms with Crippen molar-refractivity contribution in [1.82, 2.24) is 10.3 Å². The van der Waals surface area contributed by atoms with Crippen LogP contribution in [0.3, 0.4) is 0 Å². The monoisotopic (exact) mass is 269 g/mol. The first-order valence-electron chi connectivity index (χ1n) is 5.84. The largest absolute Gasteiger partial charge is 0.438 e. The third kappa shape index (κ3) is 3.76. The molecule has 0 aliphatic carbocycles. The van der Waals surface area contributed by atoms with E-state index in [9.17, 15) is 9.59 Å². The van der Waals surface area contributed by atoms with Gasteiger partial charge in [0.05, 0.1) is 24.9 Å². The number of nitrogens with two attached hydrogens (primary N) is 1. The molecule has 1 aliphatic rings. The average molecular weight is 269 g/mol. The van der Waals surface area contributed by atoms with Crippen LogP contribution in [0.4, 0.5) is 0 Å². The zero-order valence-electron chi connectivity index (χ0n) is 10.2. The smallest absolute Gasteiger partial charge is 0.289 e. The van der Waals surface area contributed by atoms with E-state index in [-0.39, 0.29) is 24.5 Å². The van der Waals surface area contributed by atoms with Gasteiger partial charge in [0.2, 0.25) is 11.7 Å². The van der Waals surface area contributed by atoms with Crippen molar-refractivity contribution in [3.05, 3.63) is 18.4 Å².